The molecule has 0 unspecified atom stereocenters. The Morgan fingerprint density at radius 2 is 1.65 bits per heavy atom. The van der Waals surface area contributed by atoms with Gasteiger partial charge < -0.3 is 5.11 Å². The average molecular weight is 266 g/mol. The molecule has 1 aromatic carbocycles. The second kappa shape index (κ2) is 4.30. The third-order valence-corrected chi connectivity index (χ3v) is 3.70. The second-order valence-electron chi connectivity index (χ2n) is 5.29. The number of rotatable bonds is 2. The van der Waals surface area contributed by atoms with Crippen LogP contribution in [0.1, 0.15) is 25.3 Å². The van der Waals surface area contributed by atoms with Crippen LogP contribution < -0.4 is 10.9 Å². The highest BCUT2D eigenvalue weighted by Crippen LogP contribution is 2.43. The van der Waals surface area contributed by atoms with E-state index in [-0.39, 0.29) is 11.5 Å². The Balaban J connectivity index is 2.40. The molecule has 0 saturated heterocycles. The molecule has 0 atom stereocenters. The largest absolute Gasteiger partial charge is 0.503 e. The fraction of sp³-hybridized carbons (Fsp3) is 0.176. The molecule has 0 spiro atoms. The number of hydrogen-bond acceptors (Lipinski definition) is 3. The normalized spacial score (nSPS) is 11.6. The second-order valence-corrected chi connectivity index (χ2v) is 5.29. The number of hydrogen-bond donors (Lipinski definition) is 1. The fourth-order valence-corrected chi connectivity index (χ4v) is 2.66. The van der Waals surface area contributed by atoms with Crippen molar-refractivity contribution in [3.8, 4) is 28.0 Å². The smallest absolute Gasteiger partial charge is 0.268 e. The first kappa shape index (κ1) is 12.6. The molecule has 0 bridgehead atoms. The van der Waals surface area contributed by atoms with Gasteiger partial charge in [0.05, 0.1) is 5.56 Å². The molecule has 1 aromatic rings. The van der Waals surface area contributed by atoms with E-state index in [4.69, 9.17) is 0 Å². The number of fused-ring (bicyclic) bond motifs is 1. The molecule has 0 aliphatic heterocycles. The van der Waals surface area contributed by atoms with Gasteiger partial charge in [-0.15, -0.1) is 0 Å². The molecule has 3 rings (SSSR count). The minimum absolute atomic E-state index is 0.167. The minimum atomic E-state index is -0.788. The van der Waals surface area contributed by atoms with Gasteiger partial charge in [0.2, 0.25) is 5.43 Å². The van der Waals surface area contributed by atoms with Crippen LogP contribution in [0, 0.1) is 0 Å². The van der Waals surface area contributed by atoms with Crippen LogP contribution in [0.3, 0.4) is 0 Å². The van der Waals surface area contributed by atoms with Crippen LogP contribution in [0.4, 0.5) is 0 Å². The quantitative estimate of drug-likeness (QED) is 0.726. The summed E-state index contributed by atoms with van der Waals surface area (Å²) < 4.78 is 0. The van der Waals surface area contributed by atoms with E-state index in [0.717, 1.165) is 16.7 Å². The van der Waals surface area contributed by atoms with Gasteiger partial charge >= 0.3 is 0 Å². The van der Waals surface area contributed by atoms with Crippen molar-refractivity contribution in [1.82, 2.24) is 0 Å². The first-order chi connectivity index (χ1) is 9.52. The predicted molar refractivity (Wildman–Crippen MR) is 79.2 cm³/mol. The van der Waals surface area contributed by atoms with Crippen LogP contribution in [0.2, 0.25) is 0 Å². The zero-order valence-electron chi connectivity index (χ0n) is 11.3. The molecule has 0 radical (unpaired) electrons. The Labute approximate surface area is 116 Å². The van der Waals surface area contributed by atoms with Gasteiger partial charge in [0.15, 0.2) is 5.75 Å². The van der Waals surface area contributed by atoms with Gasteiger partial charge in [0, 0.05) is 5.56 Å². The van der Waals surface area contributed by atoms with E-state index in [0.29, 0.717) is 5.56 Å². The monoisotopic (exact) mass is 266 g/mol. The summed E-state index contributed by atoms with van der Waals surface area (Å²) in [6.07, 6.45) is 0. The summed E-state index contributed by atoms with van der Waals surface area (Å²) in [7, 11) is 0. The summed E-state index contributed by atoms with van der Waals surface area (Å²) in [5, 5.41) is 9.76. The highest BCUT2D eigenvalue weighted by atomic mass is 16.3. The van der Waals surface area contributed by atoms with Crippen LogP contribution in [0.15, 0.2) is 46.0 Å². The van der Waals surface area contributed by atoms with Crippen molar-refractivity contribution in [1.29, 1.82) is 0 Å². The standard InChI is InChI=1S/C17H14O3/c1-9(2)12-8-10-6-4-3-5-7-11(10)13(12)14-15(18)17(20)16(14)19/h3-9,18H,1-2H3. The van der Waals surface area contributed by atoms with E-state index in [1.807, 2.05) is 50.2 Å². The highest BCUT2D eigenvalue weighted by molar-refractivity contribution is 5.92. The molecular formula is C17H14O3. The molecule has 1 N–H and O–H groups in total. The lowest BCUT2D eigenvalue weighted by atomic mass is 9.91. The summed E-state index contributed by atoms with van der Waals surface area (Å²) >= 11 is 0. The summed E-state index contributed by atoms with van der Waals surface area (Å²) in [5.41, 5.74) is 2.36. The molecule has 100 valence electrons. The van der Waals surface area contributed by atoms with Crippen molar-refractivity contribution in [2.24, 2.45) is 0 Å². The molecule has 20 heavy (non-hydrogen) atoms. The Kier molecular flexibility index (Phi) is 2.71. The maximum absolute atomic E-state index is 11.8. The van der Waals surface area contributed by atoms with Crippen LogP contribution in [0.5, 0.6) is 5.75 Å². The van der Waals surface area contributed by atoms with Gasteiger partial charge in [-0.1, -0.05) is 50.2 Å². The summed E-state index contributed by atoms with van der Waals surface area (Å²) in [6, 6.07) is 11.6. The van der Waals surface area contributed by atoms with Gasteiger partial charge in [-0.3, -0.25) is 9.59 Å². The molecule has 0 amide bonds. The first-order valence-electron chi connectivity index (χ1n) is 6.56. The van der Waals surface area contributed by atoms with E-state index < -0.39 is 16.6 Å². The molecule has 0 heterocycles. The topological polar surface area (TPSA) is 54.4 Å². The first-order valence-corrected chi connectivity index (χ1v) is 6.56. The molecule has 2 aliphatic rings. The van der Waals surface area contributed by atoms with E-state index in [1.165, 1.54) is 0 Å². The molecule has 3 nitrogen and oxygen atoms in total. The van der Waals surface area contributed by atoms with Crippen molar-refractivity contribution in [2.45, 2.75) is 19.8 Å². The van der Waals surface area contributed by atoms with Crippen LogP contribution in [0.25, 0.3) is 22.3 Å². The van der Waals surface area contributed by atoms with Crippen LogP contribution >= 0.6 is 0 Å². The van der Waals surface area contributed by atoms with E-state index in [1.54, 1.807) is 0 Å². The molecule has 0 saturated carbocycles. The molecule has 0 fully saturated rings. The third-order valence-electron chi connectivity index (χ3n) is 3.70. The maximum atomic E-state index is 11.8. The molecule has 3 heteroatoms. The van der Waals surface area contributed by atoms with E-state index in [9.17, 15) is 14.7 Å². The highest BCUT2D eigenvalue weighted by Gasteiger charge is 2.28. The SMILES string of the molecule is CC(C)c1cc2cccccc-2c1-c1c(O)c(=O)c1=O. The maximum Gasteiger partial charge on any atom is 0.268 e. The Bertz CT molecular complexity index is 836. The van der Waals surface area contributed by atoms with Gasteiger partial charge in [0.25, 0.3) is 5.43 Å². The Morgan fingerprint density at radius 3 is 2.30 bits per heavy atom. The predicted octanol–water partition coefficient (Wildman–Crippen LogP) is 2.88. The van der Waals surface area contributed by atoms with Crippen molar-refractivity contribution in [3.05, 3.63) is 62.4 Å². The summed E-state index contributed by atoms with van der Waals surface area (Å²) in [5.74, 6) is -0.206. The van der Waals surface area contributed by atoms with Crippen molar-refractivity contribution < 1.29 is 5.11 Å². The van der Waals surface area contributed by atoms with Crippen LogP contribution in [-0.2, 0) is 0 Å². The Hall–Kier alpha value is -2.42. The fourth-order valence-electron chi connectivity index (χ4n) is 2.66. The molecule has 2 aliphatic carbocycles. The third kappa shape index (κ3) is 1.59. The lowest BCUT2D eigenvalue weighted by Crippen LogP contribution is -2.32. The van der Waals surface area contributed by atoms with E-state index >= 15 is 0 Å². The average Bonchev–Trinajstić information content (AvgIpc) is 2.62. The van der Waals surface area contributed by atoms with Crippen molar-refractivity contribution >= 4 is 0 Å². The Morgan fingerprint density at radius 1 is 0.950 bits per heavy atom. The van der Waals surface area contributed by atoms with Crippen molar-refractivity contribution in [2.75, 3.05) is 0 Å². The molecule has 0 aromatic heterocycles. The zero-order valence-corrected chi connectivity index (χ0v) is 11.3. The lowest BCUT2D eigenvalue weighted by molar-refractivity contribution is 0.465. The zero-order chi connectivity index (χ0) is 14.4. The summed E-state index contributed by atoms with van der Waals surface area (Å²) in [6.45, 7) is 4.06. The van der Waals surface area contributed by atoms with Gasteiger partial charge in [-0.05, 0) is 22.6 Å². The van der Waals surface area contributed by atoms with Gasteiger partial charge in [0.1, 0.15) is 0 Å². The van der Waals surface area contributed by atoms with Crippen LogP contribution in [-0.4, -0.2) is 5.11 Å². The lowest BCUT2D eigenvalue weighted by Gasteiger charge is -2.11. The summed E-state index contributed by atoms with van der Waals surface area (Å²) in [4.78, 5) is 23.1. The van der Waals surface area contributed by atoms with Gasteiger partial charge in [-0.25, -0.2) is 0 Å². The van der Waals surface area contributed by atoms with Gasteiger partial charge in [-0.2, -0.15) is 0 Å². The molecular weight excluding hydrogens is 252 g/mol. The van der Waals surface area contributed by atoms with E-state index in [2.05, 4.69) is 0 Å². The van der Waals surface area contributed by atoms with Crippen molar-refractivity contribution in [3.63, 3.8) is 0 Å². The minimum Gasteiger partial charge on any atom is -0.503 e. The number of aromatic hydroxyl groups is 1.